The van der Waals surface area contributed by atoms with Crippen LogP contribution in [0.25, 0.3) is 10.9 Å². The molecule has 0 saturated carbocycles. The summed E-state index contributed by atoms with van der Waals surface area (Å²) < 4.78 is 7.38. The van der Waals surface area contributed by atoms with Crippen molar-refractivity contribution in [2.75, 3.05) is 7.11 Å². The number of aromatic nitrogens is 1. The highest BCUT2D eigenvalue weighted by Crippen LogP contribution is 2.46. The minimum absolute atomic E-state index is 0.285. The normalized spacial score (nSPS) is 21.9. The van der Waals surface area contributed by atoms with Gasteiger partial charge in [-0.3, -0.25) is 5.41 Å². The molecular weight excluding hydrogens is 478 g/mol. The predicted molar refractivity (Wildman–Crippen MR) is 141 cm³/mol. The number of nitrogens with zero attached hydrogens (tertiary/aromatic N) is 1. The number of halogens is 1. The standard InChI is InChI=1S/C28H22ClN3O2S/c1-34-22-12-9-18(10-13-22)25-23(17-30)27(35)31-28(33,20-7-3-2-4-8-20)26(25)32-15-5-6-19-16-21(29)11-14-24(19)32/h2-16,25-26,30,33H,1H3/p+1/t25-,26+,28+/m0/s1. The molecule has 0 bridgehead atoms. The summed E-state index contributed by atoms with van der Waals surface area (Å²) in [6.45, 7) is 0. The Morgan fingerprint density at radius 2 is 1.80 bits per heavy atom. The lowest BCUT2D eigenvalue weighted by Gasteiger charge is -2.43. The van der Waals surface area contributed by atoms with E-state index < -0.39 is 17.7 Å². The van der Waals surface area contributed by atoms with Crippen molar-refractivity contribution in [2.24, 2.45) is 0 Å². The summed E-state index contributed by atoms with van der Waals surface area (Å²) in [4.78, 5) is 0.285. The number of hydrogen-bond donors (Lipinski definition) is 3. The van der Waals surface area contributed by atoms with E-state index in [1.165, 1.54) is 0 Å². The number of pyridine rings is 1. The Labute approximate surface area is 213 Å². The van der Waals surface area contributed by atoms with Crippen molar-refractivity contribution in [1.29, 1.82) is 5.41 Å². The minimum atomic E-state index is -1.58. The molecule has 0 radical (unpaired) electrons. The lowest BCUT2D eigenvalue weighted by atomic mass is 9.74. The molecule has 3 N–H and O–H groups in total. The predicted octanol–water partition coefficient (Wildman–Crippen LogP) is 5.06. The number of piperidine rings is 1. The molecule has 1 aliphatic rings. The molecule has 0 aliphatic carbocycles. The van der Waals surface area contributed by atoms with Crippen LogP contribution in [0.15, 0.2) is 96.7 Å². The van der Waals surface area contributed by atoms with Crippen LogP contribution in [-0.4, -0.2) is 23.1 Å². The molecule has 2 heterocycles. The smallest absolute Gasteiger partial charge is 0.227 e. The Bertz CT molecular complexity index is 1470. The van der Waals surface area contributed by atoms with Crippen molar-refractivity contribution in [3.05, 3.63) is 113 Å². The number of rotatable bonds is 4. The van der Waals surface area contributed by atoms with Crippen LogP contribution in [0.1, 0.15) is 23.1 Å². The van der Waals surface area contributed by atoms with Gasteiger partial charge in [0.25, 0.3) is 0 Å². The fourth-order valence-electron chi connectivity index (χ4n) is 4.90. The summed E-state index contributed by atoms with van der Waals surface area (Å²) in [7, 11) is 1.62. The largest absolute Gasteiger partial charge is 0.497 e. The number of methoxy groups -OCH3 is 1. The first kappa shape index (κ1) is 23.2. The van der Waals surface area contributed by atoms with E-state index in [9.17, 15) is 5.11 Å². The molecular formula is C28H23ClN3O2S+. The molecule has 1 aliphatic heterocycles. The van der Waals surface area contributed by atoms with Crippen LogP contribution < -0.4 is 14.6 Å². The molecule has 174 valence electrons. The highest BCUT2D eigenvalue weighted by atomic mass is 35.5. The highest BCUT2D eigenvalue weighted by molar-refractivity contribution is 7.80. The Morgan fingerprint density at radius 1 is 1.06 bits per heavy atom. The zero-order valence-corrected chi connectivity index (χ0v) is 20.5. The third-order valence-corrected chi connectivity index (χ3v) is 7.07. The van der Waals surface area contributed by atoms with Gasteiger partial charge in [-0.2, -0.15) is 4.57 Å². The van der Waals surface area contributed by atoms with E-state index in [2.05, 4.69) is 11.2 Å². The number of benzene rings is 3. The van der Waals surface area contributed by atoms with Gasteiger partial charge in [-0.25, -0.2) is 0 Å². The topological polar surface area (TPSA) is 69.2 Å². The maximum absolute atomic E-state index is 12.4. The van der Waals surface area contributed by atoms with Gasteiger partial charge in [-0.1, -0.05) is 66.3 Å². The van der Waals surface area contributed by atoms with E-state index in [1.807, 2.05) is 95.7 Å². The average Bonchev–Trinajstić information content (AvgIpc) is 2.88. The molecule has 4 aromatic rings. The van der Waals surface area contributed by atoms with Gasteiger partial charge in [0.05, 0.1) is 18.6 Å². The van der Waals surface area contributed by atoms with Gasteiger partial charge >= 0.3 is 0 Å². The molecule has 7 heteroatoms. The Morgan fingerprint density at radius 3 is 2.49 bits per heavy atom. The average molecular weight is 501 g/mol. The van der Waals surface area contributed by atoms with Crippen LogP contribution in [-0.2, 0) is 5.72 Å². The van der Waals surface area contributed by atoms with Crippen LogP contribution in [0.2, 0.25) is 5.02 Å². The molecule has 5 nitrogen and oxygen atoms in total. The second kappa shape index (κ2) is 9.25. The lowest BCUT2D eigenvalue weighted by Crippen LogP contribution is -2.65. The first-order chi connectivity index (χ1) is 17.0. The summed E-state index contributed by atoms with van der Waals surface area (Å²) in [5.41, 5.74) is 1.33. The molecule has 3 atom stereocenters. The van der Waals surface area contributed by atoms with Crippen LogP contribution in [0.3, 0.4) is 0 Å². The molecule has 5 rings (SSSR count). The van der Waals surface area contributed by atoms with E-state index in [-0.39, 0.29) is 4.99 Å². The van der Waals surface area contributed by atoms with Crippen molar-refractivity contribution in [1.82, 2.24) is 5.32 Å². The number of fused-ring (bicyclic) bond motifs is 1. The maximum atomic E-state index is 12.4. The summed E-state index contributed by atoms with van der Waals surface area (Å²) in [6, 6.07) is 26.0. The van der Waals surface area contributed by atoms with Gasteiger partial charge in [0.2, 0.25) is 17.3 Å². The van der Waals surface area contributed by atoms with E-state index in [4.69, 9.17) is 34.0 Å². The molecule has 1 aromatic heterocycles. The summed E-state index contributed by atoms with van der Waals surface area (Å²) >= 11 is 12.0. The highest BCUT2D eigenvalue weighted by Gasteiger charge is 2.56. The van der Waals surface area contributed by atoms with Crippen LogP contribution in [0, 0.1) is 5.41 Å². The molecule has 35 heavy (non-hydrogen) atoms. The first-order valence-corrected chi connectivity index (χ1v) is 11.9. The van der Waals surface area contributed by atoms with Crippen LogP contribution in [0.4, 0.5) is 0 Å². The van der Waals surface area contributed by atoms with Crippen molar-refractivity contribution < 1.29 is 14.4 Å². The summed E-state index contributed by atoms with van der Waals surface area (Å²) in [5, 5.41) is 25.2. The third kappa shape index (κ3) is 4.01. The number of hydrogen-bond acceptors (Lipinski definition) is 4. The number of nitrogens with one attached hydrogen (secondary N) is 2. The van der Waals surface area contributed by atoms with Crippen molar-refractivity contribution in [3.8, 4) is 5.75 Å². The number of thiocarbonyl (C=S) groups is 1. The molecule has 0 amide bonds. The summed E-state index contributed by atoms with van der Waals surface area (Å²) in [6.07, 6.45) is 1.93. The van der Waals surface area contributed by atoms with Crippen LogP contribution in [0.5, 0.6) is 5.75 Å². The van der Waals surface area contributed by atoms with E-state index in [0.717, 1.165) is 16.5 Å². The second-order valence-electron chi connectivity index (χ2n) is 8.44. The Balaban J connectivity index is 1.83. The Hall–Kier alpha value is -3.54. The van der Waals surface area contributed by atoms with E-state index >= 15 is 0 Å². The first-order valence-electron chi connectivity index (χ1n) is 11.1. The third-order valence-electron chi connectivity index (χ3n) is 6.52. The number of aliphatic hydroxyl groups is 1. The maximum Gasteiger partial charge on any atom is 0.227 e. The SMILES string of the molecule is COc1ccc([C@H]2C(=C=N)C(=S)N[C@@](O)(c3ccccc3)[C@@H]2[n+]2cccc3cc(Cl)ccc32)cc1. The lowest BCUT2D eigenvalue weighted by molar-refractivity contribution is -0.720. The summed E-state index contributed by atoms with van der Waals surface area (Å²) in [5.74, 6) is 2.80. The van der Waals surface area contributed by atoms with Gasteiger partial charge in [0.15, 0.2) is 6.20 Å². The van der Waals surface area contributed by atoms with Gasteiger partial charge in [0.1, 0.15) is 10.7 Å². The zero-order valence-electron chi connectivity index (χ0n) is 18.9. The molecule has 1 saturated heterocycles. The molecule has 0 spiro atoms. The van der Waals surface area contributed by atoms with Crippen molar-refractivity contribution >= 4 is 45.6 Å². The van der Waals surface area contributed by atoms with E-state index in [1.54, 1.807) is 7.11 Å². The Kier molecular flexibility index (Phi) is 6.13. The minimum Gasteiger partial charge on any atom is -0.497 e. The van der Waals surface area contributed by atoms with Crippen LogP contribution >= 0.6 is 23.8 Å². The molecule has 1 fully saturated rings. The van der Waals surface area contributed by atoms with Crippen molar-refractivity contribution in [3.63, 3.8) is 0 Å². The zero-order chi connectivity index (χ0) is 24.6. The molecule has 0 unspecified atom stereocenters. The quantitative estimate of drug-likeness (QED) is 0.158. The second-order valence-corrected chi connectivity index (χ2v) is 9.28. The van der Waals surface area contributed by atoms with Crippen molar-refractivity contribution in [2.45, 2.75) is 17.7 Å². The van der Waals surface area contributed by atoms with Gasteiger partial charge in [0, 0.05) is 28.1 Å². The fraction of sp³-hybridized carbons (Fsp3) is 0.143. The van der Waals surface area contributed by atoms with Gasteiger partial charge in [-0.05, 0) is 41.8 Å². The number of ether oxygens (including phenoxy) is 1. The van der Waals surface area contributed by atoms with Gasteiger partial charge in [-0.15, -0.1) is 0 Å². The molecule has 3 aromatic carbocycles. The van der Waals surface area contributed by atoms with Gasteiger partial charge < -0.3 is 15.2 Å². The van der Waals surface area contributed by atoms with E-state index in [0.29, 0.717) is 21.9 Å². The fourth-order valence-corrected chi connectivity index (χ4v) is 5.42. The monoisotopic (exact) mass is 500 g/mol.